The zero-order valence-electron chi connectivity index (χ0n) is 15.6. The van der Waals surface area contributed by atoms with Gasteiger partial charge in [0.25, 0.3) is 0 Å². The molecular weight excluding hydrogens is 314 g/mol. The van der Waals surface area contributed by atoms with Crippen molar-refractivity contribution in [2.24, 2.45) is 0 Å². The molecule has 1 heterocycles. The monoisotopic (exact) mass is 337 g/mol. The summed E-state index contributed by atoms with van der Waals surface area (Å²) in [6.45, 7) is 6.38. The molecule has 1 aromatic heterocycles. The molecule has 1 heteroatoms. The van der Waals surface area contributed by atoms with Crippen molar-refractivity contribution in [2.75, 3.05) is 0 Å². The number of pyridine rings is 1. The summed E-state index contributed by atoms with van der Waals surface area (Å²) in [4.78, 5) is 5.03. The molecule has 0 fully saturated rings. The van der Waals surface area contributed by atoms with E-state index in [1.807, 2.05) is 0 Å². The smallest absolute Gasteiger partial charge is 0.0706 e. The molecule has 4 aromatic rings. The number of aryl methyl sites for hydroxylation is 3. The summed E-state index contributed by atoms with van der Waals surface area (Å²) in [6.07, 6.45) is 0.841. The maximum atomic E-state index is 5.03. The maximum Gasteiger partial charge on any atom is 0.0706 e. The van der Waals surface area contributed by atoms with Crippen LogP contribution < -0.4 is 0 Å². The van der Waals surface area contributed by atoms with E-state index in [0.717, 1.165) is 17.6 Å². The van der Waals surface area contributed by atoms with Crippen LogP contribution >= 0.6 is 0 Å². The summed E-state index contributed by atoms with van der Waals surface area (Å²) < 4.78 is 0. The van der Waals surface area contributed by atoms with Crippen LogP contribution in [0, 0.1) is 20.8 Å². The molecule has 1 nitrogen and oxygen atoms in total. The molecule has 0 aliphatic carbocycles. The Hall–Kier alpha value is -2.93. The summed E-state index contributed by atoms with van der Waals surface area (Å²) in [5.74, 6) is 0. The fraction of sp³-hybridized carbons (Fsp3) is 0.160. The minimum atomic E-state index is 0.841. The van der Waals surface area contributed by atoms with Gasteiger partial charge in [-0.3, -0.25) is 4.98 Å². The van der Waals surface area contributed by atoms with E-state index in [1.165, 1.54) is 38.8 Å². The summed E-state index contributed by atoms with van der Waals surface area (Å²) in [7, 11) is 0. The number of nitrogens with zero attached hydrogens (tertiary/aromatic N) is 1. The average Bonchev–Trinajstić information content (AvgIpc) is 2.64. The Morgan fingerprint density at radius 3 is 1.96 bits per heavy atom. The van der Waals surface area contributed by atoms with Crippen molar-refractivity contribution in [2.45, 2.75) is 27.2 Å². The van der Waals surface area contributed by atoms with Crippen molar-refractivity contribution in [3.63, 3.8) is 0 Å². The van der Waals surface area contributed by atoms with Gasteiger partial charge in [0.15, 0.2) is 0 Å². The Morgan fingerprint density at radius 1 is 0.654 bits per heavy atom. The molecular formula is C25H23N. The Kier molecular flexibility index (Phi) is 4.30. The zero-order chi connectivity index (χ0) is 18.1. The number of hydrogen-bond donors (Lipinski definition) is 0. The Morgan fingerprint density at radius 2 is 1.27 bits per heavy atom. The average molecular weight is 337 g/mol. The van der Waals surface area contributed by atoms with Gasteiger partial charge in [0, 0.05) is 17.4 Å². The predicted molar refractivity (Wildman–Crippen MR) is 111 cm³/mol. The van der Waals surface area contributed by atoms with Crippen molar-refractivity contribution >= 4 is 10.9 Å². The van der Waals surface area contributed by atoms with Gasteiger partial charge >= 0.3 is 0 Å². The third kappa shape index (κ3) is 3.39. The van der Waals surface area contributed by atoms with Crippen molar-refractivity contribution in [3.05, 3.63) is 101 Å². The quantitative estimate of drug-likeness (QED) is 0.420. The van der Waals surface area contributed by atoms with E-state index >= 15 is 0 Å². The van der Waals surface area contributed by atoms with E-state index in [-0.39, 0.29) is 0 Å². The van der Waals surface area contributed by atoms with Crippen LogP contribution in [0.25, 0.3) is 22.0 Å². The third-order valence-corrected chi connectivity index (χ3v) is 4.90. The largest absolute Gasteiger partial charge is 0.252 e. The lowest BCUT2D eigenvalue weighted by Crippen LogP contribution is -1.98. The number of fused-ring (bicyclic) bond motifs is 1. The van der Waals surface area contributed by atoms with E-state index in [1.54, 1.807) is 0 Å². The molecule has 0 saturated heterocycles. The summed E-state index contributed by atoms with van der Waals surface area (Å²) >= 11 is 0. The predicted octanol–water partition coefficient (Wildman–Crippen LogP) is 6.42. The first-order valence-electron chi connectivity index (χ1n) is 9.11. The van der Waals surface area contributed by atoms with Gasteiger partial charge < -0.3 is 0 Å². The lowest BCUT2D eigenvalue weighted by Gasteiger charge is -2.12. The highest BCUT2D eigenvalue weighted by Crippen LogP contribution is 2.29. The minimum absolute atomic E-state index is 0.841. The Labute approximate surface area is 155 Å². The molecule has 0 spiro atoms. The summed E-state index contributed by atoms with van der Waals surface area (Å²) in [5, 5.41) is 1.20. The molecule has 0 aliphatic heterocycles. The van der Waals surface area contributed by atoms with E-state index in [2.05, 4.69) is 93.6 Å². The summed E-state index contributed by atoms with van der Waals surface area (Å²) in [5.41, 5.74) is 9.77. The fourth-order valence-corrected chi connectivity index (χ4v) is 3.35. The molecule has 26 heavy (non-hydrogen) atoms. The maximum absolute atomic E-state index is 5.03. The molecule has 0 amide bonds. The molecule has 0 N–H and O–H groups in total. The second kappa shape index (κ2) is 6.76. The number of hydrogen-bond acceptors (Lipinski definition) is 1. The zero-order valence-corrected chi connectivity index (χ0v) is 15.6. The molecule has 128 valence electrons. The van der Waals surface area contributed by atoms with Crippen LogP contribution in [0.3, 0.4) is 0 Å². The van der Waals surface area contributed by atoms with Crippen molar-refractivity contribution in [1.29, 1.82) is 0 Å². The number of aromatic nitrogens is 1. The van der Waals surface area contributed by atoms with Gasteiger partial charge in [-0.15, -0.1) is 0 Å². The van der Waals surface area contributed by atoms with Gasteiger partial charge in [-0.25, -0.2) is 0 Å². The highest BCUT2D eigenvalue weighted by Gasteiger charge is 2.10. The van der Waals surface area contributed by atoms with Gasteiger partial charge in [-0.2, -0.15) is 0 Å². The lowest BCUT2D eigenvalue weighted by molar-refractivity contribution is 1.10. The molecule has 0 radical (unpaired) electrons. The van der Waals surface area contributed by atoms with Crippen LogP contribution in [0.15, 0.2) is 72.8 Å². The van der Waals surface area contributed by atoms with Gasteiger partial charge in [0.2, 0.25) is 0 Å². The highest BCUT2D eigenvalue weighted by atomic mass is 14.7. The van der Waals surface area contributed by atoms with Gasteiger partial charge in [0.05, 0.1) is 11.2 Å². The SMILES string of the molecule is Cc1ccc(Cc2nc3ccc(C)cc3cc2-c2ccc(C)cc2)cc1. The lowest BCUT2D eigenvalue weighted by atomic mass is 9.96. The molecule has 4 rings (SSSR count). The first kappa shape index (κ1) is 16.5. The summed E-state index contributed by atoms with van der Waals surface area (Å²) in [6, 6.07) is 26.3. The fourth-order valence-electron chi connectivity index (χ4n) is 3.35. The van der Waals surface area contributed by atoms with Crippen LogP contribution in [0.1, 0.15) is 27.9 Å². The third-order valence-electron chi connectivity index (χ3n) is 4.90. The first-order valence-corrected chi connectivity index (χ1v) is 9.11. The second-order valence-corrected chi connectivity index (χ2v) is 7.21. The van der Waals surface area contributed by atoms with Gasteiger partial charge in [-0.1, -0.05) is 71.3 Å². The van der Waals surface area contributed by atoms with Gasteiger partial charge in [-0.05, 0) is 50.1 Å². The van der Waals surface area contributed by atoms with Crippen LogP contribution in [0.5, 0.6) is 0 Å². The van der Waals surface area contributed by atoms with Crippen molar-refractivity contribution < 1.29 is 0 Å². The van der Waals surface area contributed by atoms with E-state index in [9.17, 15) is 0 Å². The van der Waals surface area contributed by atoms with Gasteiger partial charge in [0.1, 0.15) is 0 Å². The number of rotatable bonds is 3. The van der Waals surface area contributed by atoms with Crippen LogP contribution in [-0.4, -0.2) is 4.98 Å². The van der Waals surface area contributed by atoms with Crippen LogP contribution in [0.4, 0.5) is 0 Å². The molecule has 0 unspecified atom stereocenters. The standard InChI is InChI=1S/C25H23N/c1-17-4-9-20(10-5-17)15-25-23(21-11-6-18(2)7-12-21)16-22-14-19(3)8-13-24(22)26-25/h4-14,16H,15H2,1-3H3. The molecule has 0 saturated carbocycles. The van der Waals surface area contributed by atoms with Crippen molar-refractivity contribution in [1.82, 2.24) is 4.98 Å². The minimum Gasteiger partial charge on any atom is -0.252 e. The van der Waals surface area contributed by atoms with Crippen LogP contribution in [-0.2, 0) is 6.42 Å². The van der Waals surface area contributed by atoms with Crippen molar-refractivity contribution in [3.8, 4) is 11.1 Å². The van der Waals surface area contributed by atoms with Crippen LogP contribution in [0.2, 0.25) is 0 Å². The van der Waals surface area contributed by atoms with E-state index in [4.69, 9.17) is 4.98 Å². The molecule has 0 bridgehead atoms. The molecule has 0 atom stereocenters. The Bertz CT molecular complexity index is 1060. The normalized spacial score (nSPS) is 11.0. The second-order valence-electron chi connectivity index (χ2n) is 7.21. The van der Waals surface area contributed by atoms with E-state index in [0.29, 0.717) is 0 Å². The molecule has 0 aliphatic rings. The highest BCUT2D eigenvalue weighted by molar-refractivity contribution is 5.85. The number of benzene rings is 3. The topological polar surface area (TPSA) is 12.9 Å². The Balaban J connectivity index is 1.87. The van der Waals surface area contributed by atoms with E-state index < -0.39 is 0 Å². The first-order chi connectivity index (χ1) is 12.6. The molecule has 3 aromatic carbocycles.